The number of alkyl halides is 3. The van der Waals surface area contributed by atoms with Crippen LogP contribution in [0, 0.1) is 5.92 Å². The summed E-state index contributed by atoms with van der Waals surface area (Å²) >= 11 is 1.55. The van der Waals surface area contributed by atoms with Crippen LogP contribution in [0.4, 0.5) is 13.2 Å². The Hall–Kier alpha value is -0.660. The van der Waals surface area contributed by atoms with Gasteiger partial charge in [-0.3, -0.25) is 0 Å². The van der Waals surface area contributed by atoms with Crippen LogP contribution in [0.5, 0.6) is 0 Å². The number of aromatic nitrogens is 1. The van der Waals surface area contributed by atoms with Crippen molar-refractivity contribution >= 4 is 11.3 Å². The molecule has 0 amide bonds. The molecule has 0 radical (unpaired) electrons. The van der Waals surface area contributed by atoms with E-state index in [-0.39, 0.29) is 19.4 Å². The number of nitrogens with zero attached hydrogens (tertiary/aromatic N) is 1. The number of nitrogens with two attached hydrogens (primary N) is 1. The van der Waals surface area contributed by atoms with Gasteiger partial charge in [-0.2, -0.15) is 13.2 Å². The second-order valence-corrected chi connectivity index (χ2v) is 5.01. The van der Waals surface area contributed by atoms with Gasteiger partial charge >= 0.3 is 6.18 Å². The van der Waals surface area contributed by atoms with Crippen LogP contribution < -0.4 is 11.1 Å². The molecule has 0 saturated heterocycles. The Balaban J connectivity index is 2.15. The lowest BCUT2D eigenvalue weighted by atomic mass is 10.0. The number of hydrogen-bond acceptors (Lipinski definition) is 4. The Morgan fingerprint density at radius 3 is 2.67 bits per heavy atom. The van der Waals surface area contributed by atoms with Gasteiger partial charge < -0.3 is 11.1 Å². The van der Waals surface area contributed by atoms with E-state index in [1.54, 1.807) is 17.5 Å². The number of hydrogen-bond donors (Lipinski definition) is 2. The van der Waals surface area contributed by atoms with E-state index in [0.717, 1.165) is 11.4 Å². The maximum absolute atomic E-state index is 12.5. The van der Waals surface area contributed by atoms with Crippen LogP contribution >= 0.6 is 11.3 Å². The van der Waals surface area contributed by atoms with E-state index in [0.29, 0.717) is 13.1 Å². The highest BCUT2D eigenvalue weighted by molar-refractivity contribution is 7.09. The third-order valence-corrected chi connectivity index (χ3v) is 3.49. The molecule has 0 bridgehead atoms. The van der Waals surface area contributed by atoms with E-state index in [4.69, 9.17) is 5.73 Å². The summed E-state index contributed by atoms with van der Waals surface area (Å²) in [7, 11) is 0. The van der Waals surface area contributed by atoms with Crippen LogP contribution in [0.1, 0.15) is 17.8 Å². The molecule has 1 aromatic rings. The lowest BCUT2D eigenvalue weighted by molar-refractivity contribution is -0.177. The normalized spacial score (nSPS) is 13.8. The molecule has 1 rings (SSSR count). The van der Waals surface area contributed by atoms with Gasteiger partial charge in [-0.05, 0) is 25.9 Å². The maximum Gasteiger partial charge on any atom is 0.391 e. The summed E-state index contributed by atoms with van der Waals surface area (Å²) in [6.07, 6.45) is -1.58. The van der Waals surface area contributed by atoms with Crippen molar-refractivity contribution in [2.24, 2.45) is 11.7 Å². The molecule has 104 valence electrons. The molecule has 0 aromatic carbocycles. The predicted molar refractivity (Wildman–Crippen MR) is 66.5 cm³/mol. The average Bonchev–Trinajstić information content (AvgIpc) is 2.78. The van der Waals surface area contributed by atoms with Crippen LogP contribution in [0.25, 0.3) is 0 Å². The van der Waals surface area contributed by atoms with Crippen molar-refractivity contribution in [1.29, 1.82) is 0 Å². The third kappa shape index (κ3) is 5.79. The van der Waals surface area contributed by atoms with Gasteiger partial charge in [0.25, 0.3) is 0 Å². The monoisotopic (exact) mass is 281 g/mol. The molecular formula is C11H18F3N3S. The fraction of sp³-hybridized carbons (Fsp3) is 0.727. The van der Waals surface area contributed by atoms with Crippen LogP contribution in [0.3, 0.4) is 0 Å². The fourth-order valence-corrected chi connectivity index (χ4v) is 2.27. The molecule has 0 aliphatic heterocycles. The molecule has 1 aromatic heterocycles. The van der Waals surface area contributed by atoms with Gasteiger partial charge in [0, 0.05) is 24.5 Å². The fourth-order valence-electron chi connectivity index (χ4n) is 1.65. The van der Waals surface area contributed by atoms with Gasteiger partial charge in [-0.1, -0.05) is 0 Å². The number of nitrogens with one attached hydrogen (secondary N) is 1. The van der Waals surface area contributed by atoms with Crippen LogP contribution in [-0.4, -0.2) is 30.8 Å². The largest absolute Gasteiger partial charge is 0.391 e. The Bertz CT molecular complexity index is 314. The molecule has 0 aliphatic carbocycles. The smallest absolute Gasteiger partial charge is 0.330 e. The highest BCUT2D eigenvalue weighted by atomic mass is 32.1. The molecule has 7 heteroatoms. The maximum atomic E-state index is 12.5. The first-order chi connectivity index (χ1) is 8.54. The molecule has 3 nitrogen and oxygen atoms in total. The zero-order valence-electron chi connectivity index (χ0n) is 10.0. The van der Waals surface area contributed by atoms with Crippen molar-refractivity contribution in [2.45, 2.75) is 25.4 Å². The summed E-state index contributed by atoms with van der Waals surface area (Å²) in [4.78, 5) is 4.10. The zero-order chi connectivity index (χ0) is 13.4. The molecule has 0 aliphatic rings. The van der Waals surface area contributed by atoms with E-state index in [9.17, 15) is 13.2 Å². The van der Waals surface area contributed by atoms with Gasteiger partial charge in [0.1, 0.15) is 0 Å². The molecule has 1 atom stereocenters. The minimum atomic E-state index is -4.14. The van der Waals surface area contributed by atoms with Crippen molar-refractivity contribution in [3.8, 4) is 0 Å². The Labute approximate surface area is 109 Å². The Morgan fingerprint density at radius 2 is 2.11 bits per heavy atom. The molecule has 18 heavy (non-hydrogen) atoms. The average molecular weight is 281 g/mol. The Kier molecular flexibility index (Phi) is 6.59. The van der Waals surface area contributed by atoms with Crippen molar-refractivity contribution in [3.05, 3.63) is 16.6 Å². The van der Waals surface area contributed by atoms with Gasteiger partial charge in [0.05, 0.1) is 10.9 Å². The lowest BCUT2D eigenvalue weighted by Crippen LogP contribution is -2.30. The lowest BCUT2D eigenvalue weighted by Gasteiger charge is -2.19. The van der Waals surface area contributed by atoms with E-state index < -0.39 is 12.1 Å². The van der Waals surface area contributed by atoms with E-state index >= 15 is 0 Å². The summed E-state index contributed by atoms with van der Waals surface area (Å²) in [6, 6.07) is 0. The quantitative estimate of drug-likeness (QED) is 0.718. The van der Waals surface area contributed by atoms with Crippen molar-refractivity contribution in [2.75, 3.05) is 19.6 Å². The molecule has 1 heterocycles. The molecule has 0 fully saturated rings. The number of thiazole rings is 1. The second-order valence-electron chi connectivity index (χ2n) is 4.03. The first-order valence-corrected chi connectivity index (χ1v) is 6.78. The summed E-state index contributed by atoms with van der Waals surface area (Å²) in [5.41, 5.74) is 5.19. The minimum Gasteiger partial charge on any atom is -0.330 e. The van der Waals surface area contributed by atoms with Crippen molar-refractivity contribution in [1.82, 2.24) is 10.3 Å². The molecule has 3 N–H and O–H groups in total. The summed E-state index contributed by atoms with van der Waals surface area (Å²) in [5, 5.41) is 5.89. The summed E-state index contributed by atoms with van der Waals surface area (Å²) in [5.74, 6) is -1.30. The predicted octanol–water partition coefficient (Wildman–Crippen LogP) is 2.19. The third-order valence-electron chi connectivity index (χ3n) is 2.65. The SMILES string of the molecule is NCCC(CCNCCc1nccs1)C(F)(F)F. The van der Waals surface area contributed by atoms with Crippen LogP contribution in [-0.2, 0) is 6.42 Å². The Morgan fingerprint density at radius 1 is 1.33 bits per heavy atom. The zero-order valence-corrected chi connectivity index (χ0v) is 10.9. The molecule has 1 unspecified atom stereocenters. The van der Waals surface area contributed by atoms with Crippen LogP contribution in [0.2, 0.25) is 0 Å². The van der Waals surface area contributed by atoms with Gasteiger partial charge in [0.2, 0.25) is 0 Å². The van der Waals surface area contributed by atoms with E-state index in [1.807, 2.05) is 5.38 Å². The van der Waals surface area contributed by atoms with Gasteiger partial charge in [0.15, 0.2) is 0 Å². The molecular weight excluding hydrogens is 263 g/mol. The van der Waals surface area contributed by atoms with Gasteiger partial charge in [-0.25, -0.2) is 4.98 Å². The molecule has 0 spiro atoms. The second kappa shape index (κ2) is 7.70. The standard InChI is InChI=1S/C11H18F3N3S/c12-11(13,14)9(1-4-15)2-5-16-6-3-10-17-7-8-18-10/h7-9,16H,1-6,15H2. The summed E-state index contributed by atoms with van der Waals surface area (Å²) in [6.45, 7) is 1.08. The first-order valence-electron chi connectivity index (χ1n) is 5.90. The van der Waals surface area contributed by atoms with Gasteiger partial charge in [-0.15, -0.1) is 11.3 Å². The minimum absolute atomic E-state index is 0.00232. The highest BCUT2D eigenvalue weighted by Gasteiger charge is 2.38. The van der Waals surface area contributed by atoms with E-state index in [1.165, 1.54) is 0 Å². The van der Waals surface area contributed by atoms with Crippen molar-refractivity contribution in [3.63, 3.8) is 0 Å². The highest BCUT2D eigenvalue weighted by Crippen LogP contribution is 2.30. The number of rotatable bonds is 8. The topological polar surface area (TPSA) is 50.9 Å². The first kappa shape index (κ1) is 15.4. The van der Waals surface area contributed by atoms with Crippen LogP contribution in [0.15, 0.2) is 11.6 Å². The number of halogens is 3. The summed E-state index contributed by atoms with van der Waals surface area (Å²) < 4.78 is 37.6. The van der Waals surface area contributed by atoms with Crippen molar-refractivity contribution < 1.29 is 13.2 Å². The molecule has 0 saturated carbocycles. The van der Waals surface area contributed by atoms with E-state index in [2.05, 4.69) is 10.3 Å².